The van der Waals surface area contributed by atoms with Gasteiger partial charge < -0.3 is 4.90 Å². The Morgan fingerprint density at radius 2 is 2.06 bits per heavy atom. The van der Waals surface area contributed by atoms with Crippen molar-refractivity contribution in [1.82, 2.24) is 9.88 Å². The Hall–Kier alpha value is -1.45. The number of nitrogens with zero attached hydrogens (tertiary/aromatic N) is 2. The molecule has 1 aromatic heterocycles. The highest BCUT2D eigenvalue weighted by molar-refractivity contribution is 5.94. The predicted octanol–water partition coefficient (Wildman–Crippen LogP) is 3.12. The number of hydrogen-bond acceptors (Lipinski definition) is 2. The van der Waals surface area contributed by atoms with Gasteiger partial charge in [0.15, 0.2) is 5.82 Å². The number of carbonyl (C=O) groups excluding carboxylic acids is 1. The third-order valence-corrected chi connectivity index (χ3v) is 3.31. The zero-order valence-electron chi connectivity index (χ0n) is 11.3. The van der Waals surface area contributed by atoms with Crippen LogP contribution < -0.4 is 0 Å². The number of pyridine rings is 1. The van der Waals surface area contributed by atoms with Crippen LogP contribution in [-0.2, 0) is 0 Å². The molecule has 0 aliphatic rings. The summed E-state index contributed by atoms with van der Waals surface area (Å²) in [6.45, 7) is 7.42. The summed E-state index contributed by atoms with van der Waals surface area (Å²) in [7, 11) is 0. The number of amides is 1. The van der Waals surface area contributed by atoms with Crippen LogP contribution in [-0.4, -0.2) is 28.9 Å². The lowest BCUT2D eigenvalue weighted by Crippen LogP contribution is -2.35. The molecule has 0 aliphatic heterocycles. The van der Waals surface area contributed by atoms with Crippen LogP contribution in [0, 0.1) is 11.7 Å². The van der Waals surface area contributed by atoms with Crippen molar-refractivity contribution in [1.29, 1.82) is 0 Å². The quantitative estimate of drug-likeness (QED) is 0.779. The summed E-state index contributed by atoms with van der Waals surface area (Å²) in [5.74, 6) is -0.325. The van der Waals surface area contributed by atoms with E-state index in [1.807, 2.05) is 6.92 Å². The topological polar surface area (TPSA) is 33.2 Å². The molecule has 0 aliphatic carbocycles. The lowest BCUT2D eigenvalue weighted by atomic mass is 10.0. The van der Waals surface area contributed by atoms with Gasteiger partial charge in [-0.1, -0.05) is 26.7 Å². The lowest BCUT2D eigenvalue weighted by Gasteiger charge is -2.25. The maximum Gasteiger partial charge on any atom is 0.256 e. The predicted molar refractivity (Wildman–Crippen MR) is 69.8 cm³/mol. The molecule has 0 aromatic carbocycles. The van der Waals surface area contributed by atoms with Gasteiger partial charge in [0.05, 0.1) is 11.8 Å². The van der Waals surface area contributed by atoms with Gasteiger partial charge in [-0.05, 0) is 18.9 Å². The number of hydrogen-bond donors (Lipinski definition) is 0. The average Bonchev–Trinajstić information content (AvgIpc) is 2.40. The molecule has 0 N–H and O–H groups in total. The van der Waals surface area contributed by atoms with Crippen molar-refractivity contribution in [3.05, 3.63) is 29.8 Å². The molecule has 18 heavy (non-hydrogen) atoms. The van der Waals surface area contributed by atoms with Gasteiger partial charge in [0, 0.05) is 19.3 Å². The van der Waals surface area contributed by atoms with Crippen LogP contribution in [0.15, 0.2) is 18.5 Å². The van der Waals surface area contributed by atoms with E-state index in [0.717, 1.165) is 19.0 Å². The Morgan fingerprint density at radius 1 is 1.39 bits per heavy atom. The van der Waals surface area contributed by atoms with Crippen LogP contribution in [0.25, 0.3) is 0 Å². The maximum absolute atomic E-state index is 13.5. The molecule has 0 atom stereocenters. The van der Waals surface area contributed by atoms with Crippen molar-refractivity contribution >= 4 is 5.91 Å². The van der Waals surface area contributed by atoms with E-state index in [9.17, 15) is 9.18 Å². The van der Waals surface area contributed by atoms with Gasteiger partial charge in [-0.3, -0.25) is 9.78 Å². The highest BCUT2D eigenvalue weighted by atomic mass is 19.1. The Balaban J connectivity index is 2.83. The largest absolute Gasteiger partial charge is 0.339 e. The normalized spacial score (nSPS) is 10.7. The number of aromatic nitrogens is 1. The minimum Gasteiger partial charge on any atom is -0.339 e. The molecule has 0 saturated carbocycles. The van der Waals surface area contributed by atoms with Gasteiger partial charge >= 0.3 is 0 Å². The van der Waals surface area contributed by atoms with Gasteiger partial charge in [-0.25, -0.2) is 4.39 Å². The fourth-order valence-electron chi connectivity index (χ4n) is 1.93. The molecule has 1 heterocycles. The summed E-state index contributed by atoms with van der Waals surface area (Å²) in [6.07, 6.45) is 4.58. The number of carbonyl (C=O) groups is 1. The summed E-state index contributed by atoms with van der Waals surface area (Å²) < 4.78 is 13.5. The minimum atomic E-state index is -0.550. The molecule has 1 amide bonds. The van der Waals surface area contributed by atoms with Gasteiger partial charge in [-0.15, -0.1) is 0 Å². The SMILES string of the molecule is CCC(CC)CN(CC)C(=O)c1ccncc1F. The fraction of sp³-hybridized carbons (Fsp3) is 0.571. The molecular weight excluding hydrogens is 231 g/mol. The van der Waals surface area contributed by atoms with Crippen LogP contribution in [0.3, 0.4) is 0 Å². The Morgan fingerprint density at radius 3 is 2.56 bits per heavy atom. The second-order valence-corrected chi connectivity index (χ2v) is 4.38. The monoisotopic (exact) mass is 252 g/mol. The highest BCUT2D eigenvalue weighted by Gasteiger charge is 2.20. The lowest BCUT2D eigenvalue weighted by molar-refractivity contribution is 0.0730. The van der Waals surface area contributed by atoms with Crippen molar-refractivity contribution < 1.29 is 9.18 Å². The van der Waals surface area contributed by atoms with Crippen LogP contribution in [0.1, 0.15) is 44.0 Å². The number of halogens is 1. The molecule has 100 valence electrons. The smallest absolute Gasteiger partial charge is 0.256 e. The molecule has 1 aromatic rings. The van der Waals surface area contributed by atoms with E-state index in [1.165, 1.54) is 12.3 Å². The Labute approximate surface area is 108 Å². The third kappa shape index (κ3) is 3.52. The van der Waals surface area contributed by atoms with Gasteiger partial charge in [0.2, 0.25) is 0 Å². The molecule has 0 spiro atoms. The average molecular weight is 252 g/mol. The first-order valence-electron chi connectivity index (χ1n) is 6.52. The van der Waals surface area contributed by atoms with Crippen molar-refractivity contribution in [3.63, 3.8) is 0 Å². The van der Waals surface area contributed by atoms with E-state index in [2.05, 4.69) is 18.8 Å². The second-order valence-electron chi connectivity index (χ2n) is 4.38. The van der Waals surface area contributed by atoms with E-state index in [0.29, 0.717) is 19.0 Å². The molecule has 0 radical (unpaired) electrons. The molecule has 0 unspecified atom stereocenters. The first kappa shape index (κ1) is 14.6. The first-order valence-corrected chi connectivity index (χ1v) is 6.52. The summed E-state index contributed by atoms with van der Waals surface area (Å²) in [6, 6.07) is 1.44. The van der Waals surface area contributed by atoms with Crippen molar-refractivity contribution in [3.8, 4) is 0 Å². The molecule has 3 nitrogen and oxygen atoms in total. The van der Waals surface area contributed by atoms with Crippen molar-refractivity contribution in [2.24, 2.45) is 5.92 Å². The van der Waals surface area contributed by atoms with Gasteiger partial charge in [-0.2, -0.15) is 0 Å². The fourth-order valence-corrected chi connectivity index (χ4v) is 1.93. The molecule has 1 rings (SSSR count). The minimum absolute atomic E-state index is 0.109. The van der Waals surface area contributed by atoms with Gasteiger partial charge in [0.25, 0.3) is 5.91 Å². The molecule has 4 heteroatoms. The standard InChI is InChI=1S/C14H21FN2O/c1-4-11(5-2)10-17(6-3)14(18)12-7-8-16-9-13(12)15/h7-9,11H,4-6,10H2,1-3H3. The second kappa shape index (κ2) is 7.09. The van der Waals surface area contributed by atoms with Crippen molar-refractivity contribution in [2.45, 2.75) is 33.6 Å². The summed E-state index contributed by atoms with van der Waals surface area (Å²) in [5, 5.41) is 0. The maximum atomic E-state index is 13.5. The number of rotatable bonds is 6. The Kier molecular flexibility index (Phi) is 5.75. The Bertz CT molecular complexity index is 391. The van der Waals surface area contributed by atoms with Crippen LogP contribution in [0.2, 0.25) is 0 Å². The molecule has 0 saturated heterocycles. The summed E-state index contributed by atoms with van der Waals surface area (Å²) in [5.41, 5.74) is 0.109. The van der Waals surface area contributed by atoms with E-state index in [1.54, 1.807) is 4.90 Å². The van der Waals surface area contributed by atoms with Crippen molar-refractivity contribution in [2.75, 3.05) is 13.1 Å². The summed E-state index contributed by atoms with van der Waals surface area (Å²) >= 11 is 0. The summed E-state index contributed by atoms with van der Waals surface area (Å²) in [4.78, 5) is 17.6. The van der Waals surface area contributed by atoms with Crippen LogP contribution in [0.5, 0.6) is 0 Å². The van der Waals surface area contributed by atoms with E-state index in [-0.39, 0.29) is 11.5 Å². The zero-order valence-corrected chi connectivity index (χ0v) is 11.3. The molecule has 0 bridgehead atoms. The van der Waals surface area contributed by atoms with E-state index < -0.39 is 5.82 Å². The molecular formula is C14H21FN2O. The molecule has 0 fully saturated rings. The van der Waals surface area contributed by atoms with Crippen LogP contribution >= 0.6 is 0 Å². The van der Waals surface area contributed by atoms with Gasteiger partial charge in [0.1, 0.15) is 0 Å². The highest BCUT2D eigenvalue weighted by Crippen LogP contribution is 2.14. The van der Waals surface area contributed by atoms with E-state index >= 15 is 0 Å². The third-order valence-electron chi connectivity index (χ3n) is 3.31. The van der Waals surface area contributed by atoms with E-state index in [4.69, 9.17) is 0 Å². The first-order chi connectivity index (χ1) is 8.63. The van der Waals surface area contributed by atoms with Crippen LogP contribution in [0.4, 0.5) is 4.39 Å². The zero-order chi connectivity index (χ0) is 13.5.